The van der Waals surface area contributed by atoms with Gasteiger partial charge in [0.25, 0.3) is 0 Å². The van der Waals surface area contributed by atoms with Crippen LogP contribution in [0.25, 0.3) is 0 Å². The summed E-state index contributed by atoms with van der Waals surface area (Å²) < 4.78 is 39.0. The first kappa shape index (κ1) is 13.5. The summed E-state index contributed by atoms with van der Waals surface area (Å²) in [6.45, 7) is 0.432. The standard InChI is InChI=1S/C14H13FO3S/c15-19(16,17)11-13-6-8-14(9-7-13)18-10-12-4-2-1-3-5-12/h1-9H,10-11H2. The average molecular weight is 280 g/mol. The molecule has 2 aromatic carbocycles. The molecule has 0 spiro atoms. The lowest BCUT2D eigenvalue weighted by Crippen LogP contribution is -1.97. The molecule has 0 saturated heterocycles. The van der Waals surface area contributed by atoms with Gasteiger partial charge < -0.3 is 4.74 Å². The Labute approximate surface area is 111 Å². The van der Waals surface area contributed by atoms with Crippen LogP contribution in [0.2, 0.25) is 0 Å². The minimum atomic E-state index is -4.49. The summed E-state index contributed by atoms with van der Waals surface area (Å²) in [5.74, 6) is 0.00949. The van der Waals surface area contributed by atoms with E-state index in [4.69, 9.17) is 4.74 Å². The van der Waals surface area contributed by atoms with E-state index in [9.17, 15) is 12.3 Å². The SMILES string of the molecule is O=S(=O)(F)Cc1ccc(OCc2ccccc2)cc1. The second-order valence-electron chi connectivity index (χ2n) is 4.10. The van der Waals surface area contributed by atoms with E-state index in [-0.39, 0.29) is 0 Å². The van der Waals surface area contributed by atoms with Crippen molar-refractivity contribution >= 4 is 10.2 Å². The van der Waals surface area contributed by atoms with Gasteiger partial charge in [0.2, 0.25) is 0 Å². The third kappa shape index (κ3) is 4.71. The van der Waals surface area contributed by atoms with E-state index in [1.807, 2.05) is 30.3 Å². The Morgan fingerprint density at radius 2 is 1.53 bits per heavy atom. The Hall–Kier alpha value is -1.88. The van der Waals surface area contributed by atoms with Crippen molar-refractivity contribution in [2.75, 3.05) is 0 Å². The highest BCUT2D eigenvalue weighted by atomic mass is 32.3. The van der Waals surface area contributed by atoms with Crippen LogP contribution in [0, 0.1) is 0 Å². The molecule has 0 aromatic heterocycles. The highest BCUT2D eigenvalue weighted by Crippen LogP contribution is 2.16. The summed E-state index contributed by atoms with van der Waals surface area (Å²) in [6.07, 6.45) is 0. The van der Waals surface area contributed by atoms with Crippen LogP contribution in [0.3, 0.4) is 0 Å². The third-order valence-corrected chi connectivity index (χ3v) is 3.19. The fourth-order valence-corrected chi connectivity index (χ4v) is 2.21. The van der Waals surface area contributed by atoms with Crippen LogP contribution < -0.4 is 4.74 Å². The van der Waals surface area contributed by atoms with Crippen molar-refractivity contribution in [1.29, 1.82) is 0 Å². The third-order valence-electron chi connectivity index (χ3n) is 2.51. The predicted octanol–water partition coefficient (Wildman–Crippen LogP) is 3.06. The molecule has 0 fully saturated rings. The molecule has 0 aliphatic heterocycles. The molecule has 0 bridgehead atoms. The number of halogens is 1. The molecule has 0 radical (unpaired) electrons. The van der Waals surface area contributed by atoms with Crippen molar-refractivity contribution in [3.05, 3.63) is 65.7 Å². The van der Waals surface area contributed by atoms with Gasteiger partial charge in [0.05, 0.1) is 0 Å². The summed E-state index contributed by atoms with van der Waals surface area (Å²) in [5.41, 5.74) is 1.44. The Kier molecular flexibility index (Phi) is 4.16. The lowest BCUT2D eigenvalue weighted by Gasteiger charge is -2.06. The lowest BCUT2D eigenvalue weighted by atomic mass is 10.2. The molecule has 19 heavy (non-hydrogen) atoms. The molecule has 0 unspecified atom stereocenters. The van der Waals surface area contributed by atoms with E-state index in [1.165, 1.54) is 12.1 Å². The van der Waals surface area contributed by atoms with Crippen LogP contribution in [0.1, 0.15) is 11.1 Å². The van der Waals surface area contributed by atoms with Crippen molar-refractivity contribution in [3.63, 3.8) is 0 Å². The number of ether oxygens (including phenoxy) is 1. The van der Waals surface area contributed by atoms with E-state index >= 15 is 0 Å². The van der Waals surface area contributed by atoms with Gasteiger partial charge in [-0.3, -0.25) is 0 Å². The lowest BCUT2D eigenvalue weighted by molar-refractivity contribution is 0.306. The molecule has 2 rings (SSSR count). The number of rotatable bonds is 5. The molecular weight excluding hydrogens is 267 g/mol. The van der Waals surface area contributed by atoms with Gasteiger partial charge in [-0.15, -0.1) is 3.89 Å². The zero-order valence-corrected chi connectivity index (χ0v) is 10.9. The molecule has 3 nitrogen and oxygen atoms in total. The second-order valence-corrected chi connectivity index (χ2v) is 5.47. The van der Waals surface area contributed by atoms with Crippen molar-refractivity contribution < 1.29 is 17.0 Å². The highest BCUT2D eigenvalue weighted by molar-refractivity contribution is 7.85. The minimum absolute atomic E-state index is 0.398. The van der Waals surface area contributed by atoms with Gasteiger partial charge in [0, 0.05) is 0 Å². The predicted molar refractivity (Wildman–Crippen MR) is 70.9 cm³/mol. The maximum atomic E-state index is 12.5. The van der Waals surface area contributed by atoms with Gasteiger partial charge in [-0.25, -0.2) is 0 Å². The molecule has 0 aliphatic carbocycles. The zero-order chi connectivity index (χ0) is 13.7. The molecule has 0 heterocycles. The van der Waals surface area contributed by atoms with Crippen LogP contribution >= 0.6 is 0 Å². The van der Waals surface area contributed by atoms with Gasteiger partial charge in [0.15, 0.2) is 0 Å². The second kappa shape index (κ2) is 5.84. The fourth-order valence-electron chi connectivity index (χ4n) is 1.62. The van der Waals surface area contributed by atoms with E-state index in [0.29, 0.717) is 17.9 Å². The Balaban J connectivity index is 1.96. The summed E-state index contributed by atoms with van der Waals surface area (Å²) >= 11 is 0. The average Bonchev–Trinajstić information content (AvgIpc) is 2.37. The highest BCUT2D eigenvalue weighted by Gasteiger charge is 2.08. The Morgan fingerprint density at radius 1 is 0.895 bits per heavy atom. The molecule has 0 N–H and O–H groups in total. The molecule has 5 heteroatoms. The first-order valence-corrected chi connectivity index (χ1v) is 7.26. The number of hydrogen-bond donors (Lipinski definition) is 0. The van der Waals surface area contributed by atoms with Gasteiger partial charge in [-0.05, 0) is 23.3 Å². The maximum absolute atomic E-state index is 12.5. The largest absolute Gasteiger partial charge is 0.489 e. The molecule has 0 saturated carbocycles. The Morgan fingerprint density at radius 3 is 2.11 bits per heavy atom. The van der Waals surface area contributed by atoms with Crippen LogP contribution in [0.5, 0.6) is 5.75 Å². The molecule has 2 aromatic rings. The van der Waals surface area contributed by atoms with Gasteiger partial charge in [-0.1, -0.05) is 42.5 Å². The first-order chi connectivity index (χ1) is 9.03. The van der Waals surface area contributed by atoms with E-state index in [0.717, 1.165) is 5.56 Å². The quantitative estimate of drug-likeness (QED) is 0.791. The fraction of sp³-hybridized carbons (Fsp3) is 0.143. The first-order valence-electron chi connectivity index (χ1n) is 5.71. The van der Waals surface area contributed by atoms with Gasteiger partial charge in [-0.2, -0.15) is 8.42 Å². The smallest absolute Gasteiger partial charge is 0.306 e. The van der Waals surface area contributed by atoms with Crippen LogP contribution in [0.15, 0.2) is 54.6 Å². The van der Waals surface area contributed by atoms with Gasteiger partial charge >= 0.3 is 10.2 Å². The maximum Gasteiger partial charge on any atom is 0.306 e. The summed E-state index contributed by atoms with van der Waals surface area (Å²) in [5, 5.41) is 0. The summed E-state index contributed by atoms with van der Waals surface area (Å²) in [7, 11) is -4.49. The molecule has 0 amide bonds. The summed E-state index contributed by atoms with van der Waals surface area (Å²) in [4.78, 5) is 0. The monoisotopic (exact) mass is 280 g/mol. The molecule has 0 atom stereocenters. The van der Waals surface area contributed by atoms with Crippen molar-refractivity contribution in [2.24, 2.45) is 0 Å². The normalized spacial score (nSPS) is 11.2. The van der Waals surface area contributed by atoms with Gasteiger partial charge in [0.1, 0.15) is 18.1 Å². The van der Waals surface area contributed by atoms with Crippen molar-refractivity contribution in [3.8, 4) is 5.75 Å². The van der Waals surface area contributed by atoms with Crippen molar-refractivity contribution in [1.82, 2.24) is 0 Å². The topological polar surface area (TPSA) is 43.4 Å². The van der Waals surface area contributed by atoms with Crippen molar-refractivity contribution in [2.45, 2.75) is 12.4 Å². The van der Waals surface area contributed by atoms with Crippen LogP contribution in [-0.4, -0.2) is 8.42 Å². The number of hydrogen-bond acceptors (Lipinski definition) is 3. The summed E-state index contributed by atoms with van der Waals surface area (Å²) in [6, 6.07) is 16.0. The molecule has 0 aliphatic rings. The zero-order valence-electron chi connectivity index (χ0n) is 10.1. The van der Waals surface area contributed by atoms with E-state index in [1.54, 1.807) is 12.1 Å². The molecular formula is C14H13FO3S. The van der Waals surface area contributed by atoms with Crippen LogP contribution in [0.4, 0.5) is 3.89 Å². The van der Waals surface area contributed by atoms with Crippen LogP contribution in [-0.2, 0) is 22.6 Å². The van der Waals surface area contributed by atoms with E-state index in [2.05, 4.69) is 0 Å². The minimum Gasteiger partial charge on any atom is -0.489 e. The molecule has 100 valence electrons. The van der Waals surface area contributed by atoms with E-state index < -0.39 is 16.0 Å². The Bertz CT molecular complexity index is 622. The number of benzene rings is 2.